The first-order chi connectivity index (χ1) is 11.3. The van der Waals surface area contributed by atoms with Crippen molar-refractivity contribution in [2.75, 3.05) is 0 Å². The van der Waals surface area contributed by atoms with Crippen molar-refractivity contribution in [3.63, 3.8) is 0 Å². The van der Waals surface area contributed by atoms with Crippen LogP contribution in [0.15, 0.2) is 24.3 Å². The molecule has 0 amide bonds. The quantitative estimate of drug-likeness (QED) is 0.295. The molecule has 0 heterocycles. The summed E-state index contributed by atoms with van der Waals surface area (Å²) in [5.74, 6) is 0.367. The standard InChI is InChI=1S/C18H30O.Na.H2O4S.H/c1-2-3-4-5-6-7-8-9-10-11-12-17-13-15-18(19)16-14-17;;1-5(2,3)4;/h13-16,19H,2-12H2,1H3;;(H2,1,2,3,4);. The molecule has 7 heteroatoms. The van der Waals surface area contributed by atoms with Gasteiger partial charge in [-0.25, -0.2) is 0 Å². The molecule has 0 radical (unpaired) electrons. The van der Waals surface area contributed by atoms with Gasteiger partial charge in [-0.3, -0.25) is 9.11 Å². The zero-order valence-corrected chi connectivity index (χ0v) is 15.5. The van der Waals surface area contributed by atoms with Gasteiger partial charge in [0.1, 0.15) is 5.75 Å². The van der Waals surface area contributed by atoms with E-state index in [-0.39, 0.29) is 29.6 Å². The number of benzene rings is 1. The Morgan fingerprint density at radius 1 is 0.760 bits per heavy atom. The molecule has 0 spiro atoms. The minimum absolute atomic E-state index is 0. The van der Waals surface area contributed by atoms with Crippen molar-refractivity contribution in [2.24, 2.45) is 0 Å². The third-order valence-corrected chi connectivity index (χ3v) is 3.76. The predicted molar refractivity (Wildman–Crippen MR) is 105 cm³/mol. The second kappa shape index (κ2) is 17.3. The van der Waals surface area contributed by atoms with E-state index in [0.717, 1.165) is 6.42 Å². The fraction of sp³-hybridized carbons (Fsp3) is 0.667. The van der Waals surface area contributed by atoms with E-state index in [0.29, 0.717) is 5.75 Å². The van der Waals surface area contributed by atoms with Gasteiger partial charge in [-0.1, -0.05) is 76.8 Å². The summed E-state index contributed by atoms with van der Waals surface area (Å²) in [6.07, 6.45) is 15.0. The summed E-state index contributed by atoms with van der Waals surface area (Å²) >= 11 is 0. The second-order valence-corrected chi connectivity index (χ2v) is 6.94. The molecule has 0 atom stereocenters. The van der Waals surface area contributed by atoms with Gasteiger partial charge in [0, 0.05) is 0 Å². The normalized spacial score (nSPS) is 10.5. The van der Waals surface area contributed by atoms with Crippen LogP contribution in [-0.2, 0) is 16.8 Å². The number of hydrogen-bond donors (Lipinski definition) is 3. The molecule has 0 unspecified atom stereocenters. The number of phenolic OH excluding ortho intramolecular Hbond substituents is 1. The van der Waals surface area contributed by atoms with E-state index in [1.54, 1.807) is 12.1 Å². The van der Waals surface area contributed by atoms with Gasteiger partial charge < -0.3 is 5.11 Å². The molecule has 0 aliphatic carbocycles. The zero-order valence-electron chi connectivity index (χ0n) is 14.7. The van der Waals surface area contributed by atoms with Gasteiger partial charge in [0.05, 0.1) is 0 Å². The fourth-order valence-electron chi connectivity index (χ4n) is 2.48. The van der Waals surface area contributed by atoms with Crippen LogP contribution in [0.2, 0.25) is 0 Å². The average Bonchev–Trinajstić information content (AvgIpc) is 2.49. The number of hydrogen-bond acceptors (Lipinski definition) is 3. The Balaban J connectivity index is 0. The molecular formula is C18H33NaO5S. The van der Waals surface area contributed by atoms with E-state index in [1.165, 1.54) is 69.8 Å². The van der Waals surface area contributed by atoms with Crippen LogP contribution in [-0.4, -0.2) is 52.2 Å². The molecular weight excluding hydrogens is 351 g/mol. The first kappa shape index (κ1) is 27.1. The van der Waals surface area contributed by atoms with Crippen LogP contribution in [0.5, 0.6) is 5.75 Å². The van der Waals surface area contributed by atoms with Crippen LogP contribution in [0, 0.1) is 0 Å². The van der Waals surface area contributed by atoms with Crippen molar-refractivity contribution in [3.8, 4) is 5.75 Å². The van der Waals surface area contributed by atoms with Gasteiger partial charge in [-0.05, 0) is 30.5 Å². The van der Waals surface area contributed by atoms with Gasteiger partial charge >= 0.3 is 40.0 Å². The summed E-state index contributed by atoms with van der Waals surface area (Å²) in [6.45, 7) is 2.27. The fourth-order valence-corrected chi connectivity index (χ4v) is 2.48. The van der Waals surface area contributed by atoms with Crippen molar-refractivity contribution >= 4 is 40.0 Å². The molecule has 0 bridgehead atoms. The Labute approximate surface area is 175 Å². The van der Waals surface area contributed by atoms with E-state index in [1.807, 2.05) is 12.1 Å². The number of rotatable bonds is 11. The van der Waals surface area contributed by atoms with E-state index >= 15 is 0 Å². The van der Waals surface area contributed by atoms with Crippen molar-refractivity contribution < 1.29 is 22.6 Å². The molecule has 5 nitrogen and oxygen atoms in total. The molecule has 0 aliphatic rings. The summed E-state index contributed by atoms with van der Waals surface area (Å²) < 4.78 is 31.6. The molecule has 0 saturated carbocycles. The summed E-state index contributed by atoms with van der Waals surface area (Å²) in [5.41, 5.74) is 1.34. The number of aromatic hydroxyl groups is 1. The van der Waals surface area contributed by atoms with E-state index in [4.69, 9.17) is 17.5 Å². The Morgan fingerprint density at radius 2 is 1.12 bits per heavy atom. The van der Waals surface area contributed by atoms with Gasteiger partial charge in [0.2, 0.25) is 0 Å². The Hall–Kier alpha value is -0.110. The molecule has 0 saturated heterocycles. The van der Waals surface area contributed by atoms with Crippen LogP contribution >= 0.6 is 0 Å². The van der Waals surface area contributed by atoms with E-state index < -0.39 is 10.4 Å². The minimum atomic E-state index is -4.67. The topological polar surface area (TPSA) is 94.8 Å². The van der Waals surface area contributed by atoms with Crippen LogP contribution in [0.3, 0.4) is 0 Å². The molecule has 0 aliphatic heterocycles. The first-order valence-electron chi connectivity index (χ1n) is 8.80. The maximum atomic E-state index is 9.20. The zero-order chi connectivity index (χ0) is 18.3. The molecule has 3 N–H and O–H groups in total. The number of unbranched alkanes of at least 4 members (excludes halogenated alkanes) is 9. The Kier molecular flexibility index (Phi) is 18.8. The second-order valence-electron chi connectivity index (χ2n) is 6.05. The molecule has 25 heavy (non-hydrogen) atoms. The molecule has 0 aromatic heterocycles. The monoisotopic (exact) mass is 384 g/mol. The summed E-state index contributed by atoms with van der Waals surface area (Å²) in [7, 11) is -4.67. The summed E-state index contributed by atoms with van der Waals surface area (Å²) in [5, 5.41) is 9.20. The van der Waals surface area contributed by atoms with Crippen molar-refractivity contribution in [3.05, 3.63) is 29.8 Å². The molecule has 1 aromatic rings. The summed E-state index contributed by atoms with van der Waals surface area (Å²) in [4.78, 5) is 0. The molecule has 142 valence electrons. The van der Waals surface area contributed by atoms with Gasteiger partial charge in [-0.15, -0.1) is 0 Å². The number of aryl methyl sites for hydroxylation is 1. The van der Waals surface area contributed by atoms with Gasteiger partial charge in [0.15, 0.2) is 0 Å². The maximum absolute atomic E-state index is 9.20. The van der Waals surface area contributed by atoms with Crippen molar-refractivity contribution in [2.45, 2.75) is 77.6 Å². The van der Waals surface area contributed by atoms with Gasteiger partial charge in [0.25, 0.3) is 0 Å². The molecule has 1 aromatic carbocycles. The summed E-state index contributed by atoms with van der Waals surface area (Å²) in [6, 6.07) is 7.63. The van der Waals surface area contributed by atoms with Crippen LogP contribution in [0.4, 0.5) is 0 Å². The Bertz CT molecular complexity index is 495. The number of phenols is 1. The molecule has 1 rings (SSSR count). The van der Waals surface area contributed by atoms with Crippen LogP contribution < -0.4 is 0 Å². The Morgan fingerprint density at radius 3 is 1.52 bits per heavy atom. The van der Waals surface area contributed by atoms with E-state index in [9.17, 15) is 5.11 Å². The third-order valence-electron chi connectivity index (χ3n) is 3.76. The van der Waals surface area contributed by atoms with E-state index in [2.05, 4.69) is 6.92 Å². The van der Waals surface area contributed by atoms with Crippen LogP contribution in [0.25, 0.3) is 0 Å². The SMILES string of the molecule is CCCCCCCCCCCCc1ccc(O)cc1.O=S(=O)(O)O.[NaH]. The van der Waals surface area contributed by atoms with Crippen molar-refractivity contribution in [1.29, 1.82) is 0 Å². The third kappa shape index (κ3) is 23.9. The van der Waals surface area contributed by atoms with Gasteiger partial charge in [-0.2, -0.15) is 8.42 Å². The predicted octanol–water partition coefficient (Wildman–Crippen LogP) is 4.55. The van der Waals surface area contributed by atoms with Crippen molar-refractivity contribution in [1.82, 2.24) is 0 Å². The van der Waals surface area contributed by atoms with Crippen LogP contribution in [0.1, 0.15) is 76.7 Å². The first-order valence-corrected chi connectivity index (χ1v) is 10.2. The molecule has 0 fully saturated rings. The average molecular weight is 385 g/mol.